The summed E-state index contributed by atoms with van der Waals surface area (Å²) < 4.78 is 0. The van der Waals surface area contributed by atoms with E-state index in [9.17, 15) is 9.59 Å². The number of amides is 2. The monoisotopic (exact) mass is 332 g/mol. The lowest BCUT2D eigenvalue weighted by Crippen LogP contribution is -2.39. The standard InChI is InChI=1S/C18H24N2O2S/c1-23-16-7-3-6-15(11-16)20-18(22)13-4-2-5-14(10-13)19-17(21)12-8-9-12/h2,4-5,10,12,15-16H,3,6-9,11H2,1H3,(H,19,21)(H,20,22)/t15-,16+/m0/s1. The van der Waals surface area contributed by atoms with Gasteiger partial charge in [-0.25, -0.2) is 0 Å². The van der Waals surface area contributed by atoms with Crippen LogP contribution >= 0.6 is 11.8 Å². The van der Waals surface area contributed by atoms with E-state index < -0.39 is 0 Å². The number of carbonyl (C=O) groups is 2. The summed E-state index contributed by atoms with van der Waals surface area (Å²) in [5, 5.41) is 6.70. The third kappa shape index (κ3) is 4.50. The Balaban J connectivity index is 1.59. The molecule has 0 spiro atoms. The first-order chi connectivity index (χ1) is 11.2. The zero-order chi connectivity index (χ0) is 16.2. The summed E-state index contributed by atoms with van der Waals surface area (Å²) >= 11 is 1.89. The minimum absolute atomic E-state index is 0.0423. The molecule has 0 aromatic heterocycles. The van der Waals surface area contributed by atoms with E-state index in [1.165, 1.54) is 12.8 Å². The van der Waals surface area contributed by atoms with Crippen molar-refractivity contribution in [3.05, 3.63) is 29.8 Å². The third-order valence-corrected chi connectivity index (χ3v) is 5.73. The molecule has 0 heterocycles. The Morgan fingerprint density at radius 1 is 1.17 bits per heavy atom. The molecule has 3 rings (SSSR count). The Morgan fingerprint density at radius 3 is 2.74 bits per heavy atom. The van der Waals surface area contributed by atoms with Crippen LogP contribution in [0.1, 0.15) is 48.9 Å². The molecule has 2 aliphatic carbocycles. The quantitative estimate of drug-likeness (QED) is 0.868. The smallest absolute Gasteiger partial charge is 0.251 e. The van der Waals surface area contributed by atoms with Crippen LogP contribution in [-0.2, 0) is 4.79 Å². The number of hydrogen-bond donors (Lipinski definition) is 2. The van der Waals surface area contributed by atoms with Crippen molar-refractivity contribution in [3.63, 3.8) is 0 Å². The predicted molar refractivity (Wildman–Crippen MR) is 94.8 cm³/mol. The first kappa shape index (κ1) is 16.4. The molecule has 124 valence electrons. The Hall–Kier alpha value is -1.49. The molecule has 2 N–H and O–H groups in total. The minimum Gasteiger partial charge on any atom is -0.349 e. The third-order valence-electron chi connectivity index (χ3n) is 4.64. The minimum atomic E-state index is -0.0423. The van der Waals surface area contributed by atoms with E-state index in [4.69, 9.17) is 0 Å². The van der Waals surface area contributed by atoms with E-state index in [0.29, 0.717) is 16.5 Å². The van der Waals surface area contributed by atoms with Crippen LogP contribution in [0.5, 0.6) is 0 Å². The number of anilines is 1. The van der Waals surface area contributed by atoms with E-state index in [1.54, 1.807) is 12.1 Å². The SMILES string of the molecule is CS[C@@H]1CCC[C@H](NC(=O)c2cccc(NC(=O)C3CC3)c2)C1. The topological polar surface area (TPSA) is 58.2 Å². The van der Waals surface area contributed by atoms with Gasteiger partial charge in [-0.2, -0.15) is 11.8 Å². The predicted octanol–water partition coefficient (Wildman–Crippen LogP) is 3.44. The molecule has 2 saturated carbocycles. The number of nitrogens with one attached hydrogen (secondary N) is 2. The van der Waals surface area contributed by atoms with Crippen molar-refractivity contribution in [1.29, 1.82) is 0 Å². The van der Waals surface area contributed by atoms with Gasteiger partial charge >= 0.3 is 0 Å². The van der Waals surface area contributed by atoms with Crippen LogP contribution in [-0.4, -0.2) is 29.4 Å². The van der Waals surface area contributed by atoms with Gasteiger partial charge in [0.15, 0.2) is 0 Å². The fourth-order valence-corrected chi connectivity index (χ4v) is 3.91. The van der Waals surface area contributed by atoms with Crippen LogP contribution in [0.4, 0.5) is 5.69 Å². The number of thioether (sulfide) groups is 1. The summed E-state index contributed by atoms with van der Waals surface area (Å²) in [5.74, 6) is 0.190. The molecule has 23 heavy (non-hydrogen) atoms. The van der Waals surface area contributed by atoms with Gasteiger partial charge in [0, 0.05) is 28.5 Å². The molecule has 0 saturated heterocycles. The highest BCUT2D eigenvalue weighted by Crippen LogP contribution is 2.30. The van der Waals surface area contributed by atoms with Crippen LogP contribution in [0.2, 0.25) is 0 Å². The number of benzene rings is 1. The van der Waals surface area contributed by atoms with Gasteiger partial charge in [-0.1, -0.05) is 12.5 Å². The highest BCUT2D eigenvalue weighted by Gasteiger charge is 2.29. The van der Waals surface area contributed by atoms with Gasteiger partial charge in [0.25, 0.3) is 5.91 Å². The molecule has 2 fully saturated rings. The maximum absolute atomic E-state index is 12.5. The van der Waals surface area contributed by atoms with Crippen molar-refractivity contribution >= 4 is 29.3 Å². The van der Waals surface area contributed by atoms with Crippen LogP contribution < -0.4 is 10.6 Å². The zero-order valence-electron chi connectivity index (χ0n) is 13.5. The van der Waals surface area contributed by atoms with Crippen LogP contribution in [0.3, 0.4) is 0 Å². The Labute approximate surface area is 141 Å². The highest BCUT2D eigenvalue weighted by molar-refractivity contribution is 7.99. The summed E-state index contributed by atoms with van der Waals surface area (Å²) in [4.78, 5) is 24.3. The average molecular weight is 332 g/mol. The molecule has 1 aromatic rings. The number of hydrogen-bond acceptors (Lipinski definition) is 3. The molecule has 0 aliphatic heterocycles. The lowest BCUT2D eigenvalue weighted by Gasteiger charge is -2.28. The molecule has 0 radical (unpaired) electrons. The molecule has 4 nitrogen and oxygen atoms in total. The highest BCUT2D eigenvalue weighted by atomic mass is 32.2. The van der Waals surface area contributed by atoms with Crippen molar-refractivity contribution < 1.29 is 9.59 Å². The van der Waals surface area contributed by atoms with E-state index in [1.807, 2.05) is 23.9 Å². The normalized spacial score (nSPS) is 24.0. The van der Waals surface area contributed by atoms with Crippen molar-refractivity contribution in [3.8, 4) is 0 Å². The lowest BCUT2D eigenvalue weighted by atomic mass is 9.94. The Kier molecular flexibility index (Phi) is 5.26. The second-order valence-corrected chi connectivity index (χ2v) is 7.68. The summed E-state index contributed by atoms with van der Waals surface area (Å²) in [6.07, 6.45) is 8.62. The van der Waals surface area contributed by atoms with Crippen molar-refractivity contribution in [2.24, 2.45) is 5.92 Å². The summed E-state index contributed by atoms with van der Waals surface area (Å²) in [6, 6.07) is 7.49. The van der Waals surface area contributed by atoms with Crippen LogP contribution in [0.25, 0.3) is 0 Å². The van der Waals surface area contributed by atoms with E-state index in [-0.39, 0.29) is 23.8 Å². The second-order valence-electron chi connectivity index (χ2n) is 6.54. The van der Waals surface area contributed by atoms with Gasteiger partial charge in [-0.3, -0.25) is 9.59 Å². The Bertz CT molecular complexity index is 586. The van der Waals surface area contributed by atoms with Crippen molar-refractivity contribution in [1.82, 2.24) is 5.32 Å². The van der Waals surface area contributed by atoms with Crippen LogP contribution in [0.15, 0.2) is 24.3 Å². The first-order valence-electron chi connectivity index (χ1n) is 8.40. The first-order valence-corrected chi connectivity index (χ1v) is 9.69. The molecule has 0 bridgehead atoms. The molecule has 0 unspecified atom stereocenters. The van der Waals surface area contributed by atoms with Gasteiger partial charge in [-0.15, -0.1) is 0 Å². The van der Waals surface area contributed by atoms with E-state index >= 15 is 0 Å². The van der Waals surface area contributed by atoms with Crippen molar-refractivity contribution in [2.75, 3.05) is 11.6 Å². The van der Waals surface area contributed by atoms with Gasteiger partial charge in [0.2, 0.25) is 5.91 Å². The van der Waals surface area contributed by atoms with Gasteiger partial charge < -0.3 is 10.6 Å². The molecular formula is C18H24N2O2S. The van der Waals surface area contributed by atoms with Gasteiger partial charge in [0.1, 0.15) is 0 Å². The molecule has 1 aromatic carbocycles. The Morgan fingerprint density at radius 2 is 2.00 bits per heavy atom. The fraction of sp³-hybridized carbons (Fsp3) is 0.556. The van der Waals surface area contributed by atoms with Gasteiger partial charge in [-0.05, 0) is 56.6 Å². The molecular weight excluding hydrogens is 308 g/mol. The lowest BCUT2D eigenvalue weighted by molar-refractivity contribution is -0.117. The maximum Gasteiger partial charge on any atom is 0.251 e. The van der Waals surface area contributed by atoms with E-state index in [0.717, 1.165) is 25.7 Å². The molecule has 2 amide bonds. The summed E-state index contributed by atoms with van der Waals surface area (Å²) in [5.41, 5.74) is 1.32. The number of carbonyl (C=O) groups excluding carboxylic acids is 2. The molecule has 5 heteroatoms. The zero-order valence-corrected chi connectivity index (χ0v) is 14.3. The van der Waals surface area contributed by atoms with E-state index in [2.05, 4.69) is 16.9 Å². The van der Waals surface area contributed by atoms with Crippen LogP contribution in [0, 0.1) is 5.92 Å². The van der Waals surface area contributed by atoms with Gasteiger partial charge in [0.05, 0.1) is 0 Å². The fourth-order valence-electron chi connectivity index (χ4n) is 3.09. The largest absolute Gasteiger partial charge is 0.349 e. The molecule has 2 aliphatic rings. The summed E-state index contributed by atoms with van der Waals surface area (Å²) in [7, 11) is 0. The summed E-state index contributed by atoms with van der Waals surface area (Å²) in [6.45, 7) is 0. The number of rotatable bonds is 5. The average Bonchev–Trinajstić information content (AvgIpc) is 3.40. The molecule has 2 atom stereocenters. The van der Waals surface area contributed by atoms with Crippen molar-refractivity contribution in [2.45, 2.75) is 49.8 Å². The maximum atomic E-state index is 12.5. The second kappa shape index (κ2) is 7.39.